The molecule has 1 saturated heterocycles. The first-order chi connectivity index (χ1) is 11.9. The first-order valence-electron chi connectivity index (χ1n) is 9.65. The van der Waals surface area contributed by atoms with E-state index in [2.05, 4.69) is 44.7 Å². The SMILES string of the molecule is CC(C)c1ccc(OCCOC[C@@H](O)CN2C[C@H](C)C[C@@H](C)C2)cc1. The van der Waals surface area contributed by atoms with Crippen LogP contribution in [0.25, 0.3) is 0 Å². The van der Waals surface area contributed by atoms with Gasteiger partial charge in [-0.1, -0.05) is 39.8 Å². The van der Waals surface area contributed by atoms with Crippen LogP contribution in [0.1, 0.15) is 45.6 Å². The van der Waals surface area contributed by atoms with E-state index in [1.165, 1.54) is 12.0 Å². The zero-order chi connectivity index (χ0) is 18.2. The van der Waals surface area contributed by atoms with Gasteiger partial charge >= 0.3 is 0 Å². The van der Waals surface area contributed by atoms with Crippen LogP contribution in [0.15, 0.2) is 24.3 Å². The van der Waals surface area contributed by atoms with Crippen LogP contribution in [0.4, 0.5) is 0 Å². The summed E-state index contributed by atoms with van der Waals surface area (Å²) >= 11 is 0. The van der Waals surface area contributed by atoms with Gasteiger partial charge in [-0.25, -0.2) is 0 Å². The predicted octanol–water partition coefficient (Wildman–Crippen LogP) is 3.54. The second-order valence-electron chi connectivity index (χ2n) is 7.97. The summed E-state index contributed by atoms with van der Waals surface area (Å²) < 4.78 is 11.3. The van der Waals surface area contributed by atoms with Gasteiger partial charge in [0, 0.05) is 19.6 Å². The fraction of sp³-hybridized carbons (Fsp3) is 0.714. The molecule has 1 fully saturated rings. The highest BCUT2D eigenvalue weighted by atomic mass is 16.5. The topological polar surface area (TPSA) is 41.9 Å². The number of hydrogen-bond acceptors (Lipinski definition) is 4. The van der Waals surface area contributed by atoms with E-state index >= 15 is 0 Å². The molecule has 1 aliphatic rings. The molecule has 0 saturated carbocycles. The molecule has 0 unspecified atom stereocenters. The Bertz CT molecular complexity index is 478. The van der Waals surface area contributed by atoms with Gasteiger partial charge in [-0.15, -0.1) is 0 Å². The van der Waals surface area contributed by atoms with Crippen LogP contribution < -0.4 is 4.74 Å². The van der Waals surface area contributed by atoms with E-state index in [9.17, 15) is 5.11 Å². The first kappa shape index (κ1) is 20.2. The van der Waals surface area contributed by atoms with Crippen molar-refractivity contribution >= 4 is 0 Å². The maximum atomic E-state index is 10.2. The highest BCUT2D eigenvalue weighted by Crippen LogP contribution is 2.21. The molecule has 1 aromatic rings. The molecule has 1 aliphatic heterocycles. The lowest BCUT2D eigenvalue weighted by molar-refractivity contribution is -0.00211. The van der Waals surface area contributed by atoms with Gasteiger partial charge in [-0.05, 0) is 41.9 Å². The summed E-state index contributed by atoms with van der Waals surface area (Å²) in [7, 11) is 0. The molecule has 3 atom stereocenters. The fourth-order valence-electron chi connectivity index (χ4n) is 3.68. The van der Waals surface area contributed by atoms with Crippen molar-refractivity contribution in [3.63, 3.8) is 0 Å². The largest absolute Gasteiger partial charge is 0.491 e. The molecular formula is C21H35NO3. The monoisotopic (exact) mass is 349 g/mol. The van der Waals surface area contributed by atoms with Crippen LogP contribution in [0.3, 0.4) is 0 Å². The third kappa shape index (κ3) is 7.35. The van der Waals surface area contributed by atoms with Crippen molar-refractivity contribution in [3.8, 4) is 5.75 Å². The van der Waals surface area contributed by atoms with E-state index in [0.717, 1.165) is 18.8 Å². The third-order valence-corrected chi connectivity index (χ3v) is 4.77. The molecular weight excluding hydrogens is 314 g/mol. The van der Waals surface area contributed by atoms with Gasteiger partial charge in [0.1, 0.15) is 12.4 Å². The number of benzene rings is 1. The molecule has 2 rings (SSSR count). The van der Waals surface area contributed by atoms with Crippen LogP contribution in [0, 0.1) is 11.8 Å². The molecule has 1 heterocycles. The number of nitrogens with zero attached hydrogens (tertiary/aromatic N) is 1. The maximum Gasteiger partial charge on any atom is 0.119 e. The highest BCUT2D eigenvalue weighted by molar-refractivity contribution is 5.28. The molecule has 142 valence electrons. The average Bonchev–Trinajstić information content (AvgIpc) is 2.54. The minimum Gasteiger partial charge on any atom is -0.491 e. The number of likely N-dealkylation sites (tertiary alicyclic amines) is 1. The van der Waals surface area contributed by atoms with Crippen LogP contribution in [0.2, 0.25) is 0 Å². The lowest BCUT2D eigenvalue weighted by Gasteiger charge is -2.35. The Labute approximate surface area is 153 Å². The molecule has 4 heteroatoms. The first-order valence-corrected chi connectivity index (χ1v) is 9.65. The fourth-order valence-corrected chi connectivity index (χ4v) is 3.68. The Morgan fingerprint density at radius 3 is 2.32 bits per heavy atom. The average molecular weight is 350 g/mol. The number of rotatable bonds is 9. The van der Waals surface area contributed by atoms with Crippen molar-refractivity contribution in [3.05, 3.63) is 29.8 Å². The van der Waals surface area contributed by atoms with Crippen molar-refractivity contribution < 1.29 is 14.6 Å². The summed E-state index contributed by atoms with van der Waals surface area (Å²) in [6.07, 6.45) is 0.862. The van der Waals surface area contributed by atoms with Gasteiger partial charge < -0.3 is 19.5 Å². The summed E-state index contributed by atoms with van der Waals surface area (Å²) in [4.78, 5) is 2.36. The molecule has 0 bridgehead atoms. The Kier molecular flexibility index (Phi) is 8.20. The van der Waals surface area contributed by atoms with E-state index < -0.39 is 6.10 Å². The molecule has 0 aromatic heterocycles. The van der Waals surface area contributed by atoms with Crippen LogP contribution in [-0.4, -0.2) is 55.6 Å². The minimum atomic E-state index is -0.428. The van der Waals surface area contributed by atoms with Crippen molar-refractivity contribution in [1.29, 1.82) is 0 Å². The van der Waals surface area contributed by atoms with Crippen molar-refractivity contribution in [1.82, 2.24) is 4.90 Å². The quantitative estimate of drug-likeness (QED) is 0.693. The Morgan fingerprint density at radius 2 is 1.72 bits per heavy atom. The molecule has 0 spiro atoms. The van der Waals surface area contributed by atoms with Gasteiger partial charge in [-0.2, -0.15) is 0 Å². The van der Waals surface area contributed by atoms with E-state index in [-0.39, 0.29) is 0 Å². The van der Waals surface area contributed by atoms with Gasteiger partial charge in [0.15, 0.2) is 0 Å². The lowest BCUT2D eigenvalue weighted by atomic mass is 9.92. The zero-order valence-electron chi connectivity index (χ0n) is 16.3. The second kappa shape index (κ2) is 10.1. The summed E-state index contributed by atoms with van der Waals surface area (Å²) in [6, 6.07) is 8.21. The number of aliphatic hydroxyl groups excluding tert-OH is 1. The number of β-amino-alcohol motifs (C(OH)–C–C–N with tert-alkyl or cyclic N) is 1. The number of aliphatic hydroxyl groups is 1. The summed E-state index contributed by atoms with van der Waals surface area (Å²) in [5, 5.41) is 10.2. The van der Waals surface area contributed by atoms with E-state index in [1.807, 2.05) is 12.1 Å². The zero-order valence-corrected chi connectivity index (χ0v) is 16.3. The standard InChI is InChI=1S/C21H35NO3/c1-16(2)19-5-7-21(8-6-19)25-10-9-24-15-20(23)14-22-12-17(3)11-18(4)13-22/h5-8,16-18,20,23H,9-15H2,1-4H3/t17-,18-,20+/m1/s1. The van der Waals surface area contributed by atoms with Gasteiger partial charge in [0.2, 0.25) is 0 Å². The number of ether oxygens (including phenoxy) is 2. The maximum absolute atomic E-state index is 10.2. The normalized spacial score (nSPS) is 23.0. The van der Waals surface area contributed by atoms with Crippen LogP contribution >= 0.6 is 0 Å². The van der Waals surface area contributed by atoms with E-state index in [4.69, 9.17) is 9.47 Å². The van der Waals surface area contributed by atoms with Crippen molar-refractivity contribution in [2.45, 2.75) is 46.1 Å². The Hall–Kier alpha value is -1.10. The van der Waals surface area contributed by atoms with Crippen molar-refractivity contribution in [2.24, 2.45) is 11.8 Å². The minimum absolute atomic E-state index is 0.370. The summed E-state index contributed by atoms with van der Waals surface area (Å²) in [5.41, 5.74) is 1.31. The predicted molar refractivity (Wildman–Crippen MR) is 102 cm³/mol. The smallest absolute Gasteiger partial charge is 0.119 e. The highest BCUT2D eigenvalue weighted by Gasteiger charge is 2.23. The van der Waals surface area contributed by atoms with E-state index in [0.29, 0.717) is 44.1 Å². The lowest BCUT2D eigenvalue weighted by Crippen LogP contribution is -2.43. The molecule has 1 aromatic carbocycles. The molecule has 0 amide bonds. The van der Waals surface area contributed by atoms with Gasteiger partial charge in [-0.3, -0.25) is 0 Å². The third-order valence-electron chi connectivity index (χ3n) is 4.77. The Morgan fingerprint density at radius 1 is 1.08 bits per heavy atom. The molecule has 4 nitrogen and oxygen atoms in total. The second-order valence-corrected chi connectivity index (χ2v) is 7.97. The van der Waals surface area contributed by atoms with Crippen LogP contribution in [-0.2, 0) is 4.74 Å². The number of hydrogen-bond donors (Lipinski definition) is 1. The van der Waals surface area contributed by atoms with E-state index in [1.54, 1.807) is 0 Å². The van der Waals surface area contributed by atoms with Crippen molar-refractivity contribution in [2.75, 3.05) is 39.5 Å². The molecule has 25 heavy (non-hydrogen) atoms. The molecule has 1 N–H and O–H groups in total. The molecule has 0 aliphatic carbocycles. The summed E-state index contributed by atoms with van der Waals surface area (Å²) in [5.74, 6) is 2.83. The van der Waals surface area contributed by atoms with Crippen LogP contribution in [0.5, 0.6) is 5.75 Å². The summed E-state index contributed by atoms with van der Waals surface area (Å²) in [6.45, 7) is 13.2. The van der Waals surface area contributed by atoms with Gasteiger partial charge in [0.25, 0.3) is 0 Å². The molecule has 0 radical (unpaired) electrons. The Balaban J connectivity index is 1.57. The van der Waals surface area contributed by atoms with Gasteiger partial charge in [0.05, 0.1) is 19.3 Å². The number of piperidine rings is 1.